The van der Waals surface area contributed by atoms with Gasteiger partial charge in [-0.3, -0.25) is 14.8 Å². The van der Waals surface area contributed by atoms with Crippen molar-refractivity contribution in [2.24, 2.45) is 5.41 Å². The molecule has 3 rings (SSSR count). The van der Waals surface area contributed by atoms with E-state index in [1.807, 2.05) is 72.3 Å². The van der Waals surface area contributed by atoms with Crippen molar-refractivity contribution in [3.8, 4) is 0 Å². The van der Waals surface area contributed by atoms with Crippen molar-refractivity contribution in [1.29, 1.82) is 0 Å². The first-order chi connectivity index (χ1) is 14.8. The summed E-state index contributed by atoms with van der Waals surface area (Å²) in [5, 5.41) is 19.5. The molecule has 31 heavy (non-hydrogen) atoms. The maximum Gasteiger partial charge on any atom is 0.249 e. The second-order valence-corrected chi connectivity index (χ2v) is 8.21. The number of benzene rings is 2. The average molecular weight is 424 g/mol. The molecular weight excluding hydrogens is 394 g/mol. The lowest BCUT2D eigenvalue weighted by Gasteiger charge is -2.30. The van der Waals surface area contributed by atoms with Crippen LogP contribution in [-0.2, 0) is 16.1 Å². The highest BCUT2D eigenvalue weighted by atomic mass is 16.5. The number of nitrogens with zero attached hydrogens (tertiary/aromatic N) is 2. The van der Waals surface area contributed by atoms with Crippen LogP contribution in [0.15, 0.2) is 60.8 Å². The molecule has 0 bridgehead atoms. The van der Waals surface area contributed by atoms with Gasteiger partial charge in [-0.05, 0) is 35.7 Å². The van der Waals surface area contributed by atoms with Crippen LogP contribution >= 0.6 is 0 Å². The number of aliphatic hydroxyl groups excluding tert-OH is 1. The van der Waals surface area contributed by atoms with Gasteiger partial charge < -0.3 is 14.6 Å². The standard InChI is InChI=1S/C24H29N3O4/c1-17(24(2,3)23(30)25-31)19-10-7-11-21-20(19)12-13-26(21)16-22(29)27(14-15-28)18-8-5-4-6-9-18/h4-13,17,28,31H,14-16H2,1-3H3,(H,25,30). The minimum Gasteiger partial charge on any atom is -0.395 e. The Morgan fingerprint density at radius 1 is 1.10 bits per heavy atom. The molecular formula is C24H29N3O4. The number of carbonyl (C=O) groups excluding carboxylic acids is 2. The van der Waals surface area contributed by atoms with E-state index in [-0.39, 0.29) is 31.5 Å². The maximum atomic E-state index is 13.1. The molecule has 0 spiro atoms. The molecule has 1 heterocycles. The molecule has 2 aromatic carbocycles. The Kier molecular flexibility index (Phi) is 6.77. The molecule has 0 saturated heterocycles. The minimum absolute atomic E-state index is 0.122. The number of carbonyl (C=O) groups is 2. The van der Waals surface area contributed by atoms with E-state index >= 15 is 0 Å². The second-order valence-electron chi connectivity index (χ2n) is 8.21. The lowest BCUT2D eigenvalue weighted by atomic mass is 9.74. The van der Waals surface area contributed by atoms with Gasteiger partial charge >= 0.3 is 0 Å². The molecule has 1 aromatic heterocycles. The smallest absolute Gasteiger partial charge is 0.249 e. The van der Waals surface area contributed by atoms with E-state index in [0.717, 1.165) is 22.2 Å². The molecule has 7 nitrogen and oxygen atoms in total. The number of aromatic nitrogens is 1. The number of rotatable bonds is 8. The van der Waals surface area contributed by atoms with Gasteiger partial charge in [-0.1, -0.05) is 51.1 Å². The van der Waals surface area contributed by atoms with Crippen molar-refractivity contribution in [2.75, 3.05) is 18.1 Å². The van der Waals surface area contributed by atoms with E-state index in [2.05, 4.69) is 0 Å². The number of hydrogen-bond donors (Lipinski definition) is 3. The summed E-state index contributed by atoms with van der Waals surface area (Å²) in [6, 6.07) is 17.0. The summed E-state index contributed by atoms with van der Waals surface area (Å²) >= 11 is 0. The zero-order chi connectivity index (χ0) is 22.6. The second kappa shape index (κ2) is 9.32. The largest absolute Gasteiger partial charge is 0.395 e. The molecule has 0 saturated carbocycles. The highest BCUT2D eigenvalue weighted by molar-refractivity contribution is 5.95. The van der Waals surface area contributed by atoms with E-state index < -0.39 is 11.3 Å². The van der Waals surface area contributed by atoms with Crippen molar-refractivity contribution < 1.29 is 19.9 Å². The summed E-state index contributed by atoms with van der Waals surface area (Å²) in [5.41, 5.74) is 3.52. The van der Waals surface area contributed by atoms with Gasteiger partial charge in [0.1, 0.15) is 6.54 Å². The molecule has 0 radical (unpaired) electrons. The van der Waals surface area contributed by atoms with Crippen LogP contribution in [0.1, 0.15) is 32.3 Å². The Morgan fingerprint density at radius 2 is 1.81 bits per heavy atom. The van der Waals surface area contributed by atoms with Crippen molar-refractivity contribution >= 4 is 28.4 Å². The Hall–Kier alpha value is -3.16. The third kappa shape index (κ3) is 4.47. The molecule has 7 heteroatoms. The Morgan fingerprint density at radius 3 is 2.45 bits per heavy atom. The Bertz CT molecular complexity index is 1060. The molecule has 0 aliphatic carbocycles. The molecule has 3 N–H and O–H groups in total. The van der Waals surface area contributed by atoms with Gasteiger partial charge in [-0.25, -0.2) is 5.48 Å². The summed E-state index contributed by atoms with van der Waals surface area (Å²) < 4.78 is 1.88. The van der Waals surface area contributed by atoms with Gasteiger partial charge in [0.2, 0.25) is 11.8 Å². The monoisotopic (exact) mass is 423 g/mol. The lowest BCUT2D eigenvalue weighted by Crippen LogP contribution is -2.38. The normalized spacial score (nSPS) is 12.5. The number of para-hydroxylation sites is 1. The Balaban J connectivity index is 1.92. The first kappa shape index (κ1) is 22.5. The first-order valence-corrected chi connectivity index (χ1v) is 10.3. The van der Waals surface area contributed by atoms with Gasteiger partial charge in [0.25, 0.3) is 0 Å². The van der Waals surface area contributed by atoms with E-state index in [1.54, 1.807) is 24.2 Å². The zero-order valence-corrected chi connectivity index (χ0v) is 18.1. The Labute approximate surface area is 181 Å². The number of amides is 2. The van der Waals surface area contributed by atoms with E-state index in [9.17, 15) is 14.7 Å². The van der Waals surface area contributed by atoms with Gasteiger partial charge in [0, 0.05) is 29.3 Å². The van der Waals surface area contributed by atoms with Gasteiger partial charge in [0.15, 0.2) is 0 Å². The van der Waals surface area contributed by atoms with Crippen molar-refractivity contribution in [3.63, 3.8) is 0 Å². The van der Waals surface area contributed by atoms with E-state index in [1.165, 1.54) is 0 Å². The molecule has 0 fully saturated rings. The van der Waals surface area contributed by atoms with Gasteiger partial charge in [0.05, 0.1) is 12.0 Å². The molecule has 1 atom stereocenters. The van der Waals surface area contributed by atoms with E-state index in [0.29, 0.717) is 0 Å². The van der Waals surface area contributed by atoms with Crippen molar-refractivity contribution in [3.05, 3.63) is 66.4 Å². The molecule has 1 unspecified atom stereocenters. The third-order valence-electron chi connectivity index (χ3n) is 6.08. The number of nitrogens with one attached hydrogen (secondary N) is 1. The maximum absolute atomic E-state index is 13.1. The van der Waals surface area contributed by atoms with Gasteiger partial charge in [-0.2, -0.15) is 0 Å². The summed E-state index contributed by atoms with van der Waals surface area (Å²) in [6.07, 6.45) is 1.86. The zero-order valence-electron chi connectivity index (χ0n) is 18.1. The van der Waals surface area contributed by atoms with Crippen LogP contribution in [-0.4, -0.2) is 39.8 Å². The number of fused-ring (bicyclic) bond motifs is 1. The van der Waals surface area contributed by atoms with Crippen LogP contribution in [0.2, 0.25) is 0 Å². The van der Waals surface area contributed by atoms with Crippen molar-refractivity contribution in [1.82, 2.24) is 10.0 Å². The lowest BCUT2D eigenvalue weighted by molar-refractivity contribution is -0.139. The van der Waals surface area contributed by atoms with Crippen LogP contribution in [0.4, 0.5) is 5.69 Å². The topological polar surface area (TPSA) is 94.8 Å². The number of anilines is 1. The SMILES string of the molecule is CC(c1cccc2c1ccn2CC(=O)N(CCO)c1ccccc1)C(C)(C)C(=O)NO. The number of hydroxylamine groups is 1. The van der Waals surface area contributed by atoms with Crippen LogP contribution < -0.4 is 10.4 Å². The molecule has 0 aliphatic heterocycles. The quantitative estimate of drug-likeness (QED) is 0.383. The van der Waals surface area contributed by atoms with Crippen LogP contribution in [0, 0.1) is 5.41 Å². The van der Waals surface area contributed by atoms with E-state index in [4.69, 9.17) is 5.21 Å². The summed E-state index contributed by atoms with van der Waals surface area (Å²) in [5.74, 6) is -0.754. The molecule has 164 valence electrons. The predicted octanol–water partition coefficient (Wildman–Crippen LogP) is 3.30. The fourth-order valence-corrected chi connectivity index (χ4v) is 3.83. The number of aliphatic hydroxyl groups is 1. The average Bonchev–Trinajstić information content (AvgIpc) is 3.19. The van der Waals surface area contributed by atoms with Crippen LogP contribution in [0.3, 0.4) is 0 Å². The molecule has 2 amide bonds. The molecule has 0 aliphatic rings. The van der Waals surface area contributed by atoms with Crippen LogP contribution in [0.25, 0.3) is 10.9 Å². The summed E-state index contributed by atoms with van der Waals surface area (Å²) in [4.78, 5) is 26.8. The molecule has 3 aromatic rings. The van der Waals surface area contributed by atoms with Crippen molar-refractivity contribution in [2.45, 2.75) is 33.2 Å². The first-order valence-electron chi connectivity index (χ1n) is 10.3. The highest BCUT2D eigenvalue weighted by Gasteiger charge is 2.35. The third-order valence-corrected chi connectivity index (χ3v) is 6.08. The fourth-order valence-electron chi connectivity index (χ4n) is 3.83. The predicted molar refractivity (Wildman–Crippen MR) is 120 cm³/mol. The van der Waals surface area contributed by atoms with Crippen LogP contribution in [0.5, 0.6) is 0 Å². The summed E-state index contributed by atoms with van der Waals surface area (Å²) in [7, 11) is 0. The van der Waals surface area contributed by atoms with Gasteiger partial charge in [-0.15, -0.1) is 0 Å². The summed E-state index contributed by atoms with van der Waals surface area (Å²) in [6.45, 7) is 5.73. The fraction of sp³-hybridized carbons (Fsp3) is 0.333. The number of hydrogen-bond acceptors (Lipinski definition) is 4. The minimum atomic E-state index is -0.827. The highest BCUT2D eigenvalue weighted by Crippen LogP contribution is 2.38.